The molecule has 0 saturated heterocycles. The Kier molecular flexibility index (Phi) is 27.2. The van der Waals surface area contributed by atoms with Gasteiger partial charge in [0.1, 0.15) is 46.1 Å². The Morgan fingerprint density at radius 2 is 0.677 bits per heavy atom. The summed E-state index contributed by atoms with van der Waals surface area (Å²) in [6.45, 7) is 14.6. The van der Waals surface area contributed by atoms with Gasteiger partial charge in [0.15, 0.2) is 34.7 Å². The highest BCUT2D eigenvalue weighted by molar-refractivity contribution is 7.16. The average molecular weight is 1490 g/mol. The lowest BCUT2D eigenvalue weighted by Crippen LogP contribution is -1.88. The predicted octanol–water partition coefficient (Wildman–Crippen LogP) is 21.9. The zero-order valence-corrected chi connectivity index (χ0v) is 60.8. The third kappa shape index (κ3) is 19.6. The summed E-state index contributed by atoms with van der Waals surface area (Å²) in [5.41, 5.74) is 11.2. The van der Waals surface area contributed by atoms with Crippen LogP contribution in [0.2, 0.25) is 10.0 Å². The van der Waals surface area contributed by atoms with Crippen molar-refractivity contribution in [2.24, 2.45) is 0 Å². The molecule has 6 heterocycles. The highest BCUT2D eigenvalue weighted by Crippen LogP contribution is 2.45. The third-order valence-corrected chi connectivity index (χ3v) is 21.4. The second-order valence-electron chi connectivity index (χ2n) is 22.0. The number of aliphatic hydroxyl groups is 1. The van der Waals surface area contributed by atoms with E-state index in [1.54, 1.807) is 86.9 Å². The van der Waals surface area contributed by atoms with E-state index in [4.69, 9.17) is 28.3 Å². The van der Waals surface area contributed by atoms with E-state index in [0.717, 1.165) is 32.0 Å². The molecule has 0 fully saturated rings. The van der Waals surface area contributed by atoms with E-state index in [1.807, 2.05) is 75.4 Å². The SMILES string of the molecule is CC(=O)c1csc(-c2ccc(C)c(C)c2)c1O.CC(=O)c1csc(-c2ccc(C)cc2)c1O.CC(=O)c1csc(-c2ccc(CO)cc2)c1O.CC(=O)c1csc(-c2ccc(Cl)cc2Cl)c1O.CC(=O)c1csc(-c2ccc(F)cc2)c1O.CC(=O)c1csc(-c2cccc(F)c2)c1O. The number of carbonyl (C=O) groups is 6. The van der Waals surface area contributed by atoms with Gasteiger partial charge in [-0.05, 0) is 143 Å². The number of hydrogen-bond donors (Lipinski definition) is 7. The molecule has 7 N–H and O–H groups in total. The number of carbonyl (C=O) groups excluding carboxylic acids is 6. The summed E-state index contributed by atoms with van der Waals surface area (Å²) in [6.07, 6.45) is 0. The number of aliphatic hydroxyl groups excluding tert-OH is 1. The number of hydrogen-bond acceptors (Lipinski definition) is 19. The number of aryl methyl sites for hydroxylation is 3. The van der Waals surface area contributed by atoms with Crippen LogP contribution in [-0.2, 0) is 6.61 Å². The highest BCUT2D eigenvalue weighted by atomic mass is 35.5. The van der Waals surface area contributed by atoms with Crippen LogP contribution in [0.3, 0.4) is 0 Å². The van der Waals surface area contributed by atoms with Gasteiger partial charge in [0, 0.05) is 42.9 Å². The van der Waals surface area contributed by atoms with Gasteiger partial charge in [-0.1, -0.05) is 126 Å². The van der Waals surface area contributed by atoms with Gasteiger partial charge in [-0.3, -0.25) is 28.8 Å². The van der Waals surface area contributed by atoms with Crippen molar-refractivity contribution in [3.05, 3.63) is 243 Å². The predicted molar refractivity (Wildman–Crippen MR) is 399 cm³/mol. The maximum Gasteiger partial charge on any atom is 0.164 e. The standard InChI is InChI=1S/C14H14O2S.C13H12O3S.C13H12O2S.C12H8Cl2O2S.2C12H9FO2S/c1-8-4-5-11(6-9(8)2)14-13(16)12(7-17-14)10(3)15;1-8(15)11-7-17-13(12(11)16)10-4-2-9(6-14)3-5-10;1-8-3-5-10(6-4-8)13-12(15)11(7-16-13)9(2)14;1-6(15)9-5-17-12(11(9)16)8-3-2-7(13)4-10(8)14;1-7(14)10-6-16-12(11(10)15)8-2-4-9(13)5-3-8;1-7(14)10-6-16-12(11(10)15)8-3-2-4-9(13)5-8/h4-7,16H,1-3H3;2-5,7,14,16H,6H2,1H3;3-7,15H,1-2H3;2-5,16H,1H3;2*2-6,15H,1H3. The molecular formula is C76H64Cl2F2O13S6. The summed E-state index contributed by atoms with van der Waals surface area (Å²) in [5.74, 6) is -1.46. The molecule has 12 rings (SSSR count). The molecule has 510 valence electrons. The maximum absolute atomic E-state index is 13.0. The van der Waals surface area contributed by atoms with Gasteiger partial charge in [0.2, 0.25) is 0 Å². The molecule has 0 spiro atoms. The number of halogens is 4. The lowest BCUT2D eigenvalue weighted by Gasteiger charge is -2.04. The Hall–Kier alpha value is -9.26. The van der Waals surface area contributed by atoms with Crippen LogP contribution in [-0.4, -0.2) is 70.4 Å². The molecule has 0 aliphatic carbocycles. The maximum atomic E-state index is 13.0. The van der Waals surface area contributed by atoms with Crippen molar-refractivity contribution in [2.75, 3.05) is 0 Å². The van der Waals surface area contributed by atoms with Gasteiger partial charge in [-0.2, -0.15) is 0 Å². The molecule has 0 atom stereocenters. The fourth-order valence-electron chi connectivity index (χ4n) is 9.08. The lowest BCUT2D eigenvalue weighted by molar-refractivity contribution is 0.100. The van der Waals surface area contributed by atoms with Crippen LogP contribution < -0.4 is 0 Å². The topological polar surface area (TPSA) is 244 Å². The second-order valence-corrected chi connectivity index (χ2v) is 28.1. The molecule has 13 nitrogen and oxygen atoms in total. The second kappa shape index (κ2) is 35.0. The van der Waals surface area contributed by atoms with Crippen molar-refractivity contribution in [3.63, 3.8) is 0 Å². The Balaban J connectivity index is 0.000000167. The molecule has 0 aliphatic heterocycles. The summed E-state index contributed by atoms with van der Waals surface area (Å²) in [6, 6.07) is 37.9. The van der Waals surface area contributed by atoms with Crippen LogP contribution in [0.5, 0.6) is 34.5 Å². The summed E-state index contributed by atoms with van der Waals surface area (Å²) in [7, 11) is 0. The number of thiophene rings is 6. The average Bonchev–Trinajstić information content (AvgIpc) is 1.76. The first-order chi connectivity index (χ1) is 46.9. The minimum absolute atomic E-state index is 0.00456. The molecule has 6 aromatic heterocycles. The van der Waals surface area contributed by atoms with Gasteiger partial charge >= 0.3 is 0 Å². The highest BCUT2D eigenvalue weighted by Gasteiger charge is 2.21. The Bertz CT molecular complexity index is 4800. The van der Waals surface area contributed by atoms with Crippen LogP contribution in [0, 0.1) is 32.4 Å². The van der Waals surface area contributed by atoms with E-state index in [2.05, 4.69) is 0 Å². The summed E-state index contributed by atoms with van der Waals surface area (Å²) in [4.78, 5) is 71.1. The summed E-state index contributed by atoms with van der Waals surface area (Å²) >= 11 is 19.8. The summed E-state index contributed by atoms with van der Waals surface area (Å²) in [5, 5.41) is 79.2. The molecule has 0 radical (unpaired) electrons. The minimum Gasteiger partial charge on any atom is -0.506 e. The fraction of sp³-hybridized carbons (Fsp3) is 0.132. The first kappa shape index (κ1) is 77.1. The first-order valence-electron chi connectivity index (χ1n) is 29.6. The molecule has 0 amide bonds. The van der Waals surface area contributed by atoms with Gasteiger partial charge < -0.3 is 35.7 Å². The van der Waals surface area contributed by atoms with Crippen molar-refractivity contribution in [3.8, 4) is 97.1 Å². The molecule has 0 bridgehead atoms. The van der Waals surface area contributed by atoms with Crippen molar-refractivity contribution in [1.82, 2.24) is 0 Å². The smallest absolute Gasteiger partial charge is 0.164 e. The first-order valence-corrected chi connectivity index (χ1v) is 35.7. The molecule has 0 aliphatic rings. The largest absolute Gasteiger partial charge is 0.506 e. The molecule has 99 heavy (non-hydrogen) atoms. The molecule has 12 aromatic rings. The van der Waals surface area contributed by atoms with Crippen molar-refractivity contribution < 1.29 is 73.3 Å². The minimum atomic E-state index is -0.366. The quantitative estimate of drug-likeness (QED) is 0.0532. The zero-order chi connectivity index (χ0) is 72.7. The summed E-state index contributed by atoms with van der Waals surface area (Å²) < 4.78 is 25.7. The third-order valence-electron chi connectivity index (χ3n) is 14.7. The van der Waals surface area contributed by atoms with Gasteiger partial charge in [-0.25, -0.2) is 8.78 Å². The van der Waals surface area contributed by atoms with E-state index >= 15 is 0 Å². The van der Waals surface area contributed by atoms with Crippen LogP contribution in [0.1, 0.15) is 126 Å². The fourth-order valence-corrected chi connectivity index (χ4v) is 15.7. The number of rotatable bonds is 13. The Labute approximate surface area is 603 Å². The van der Waals surface area contributed by atoms with Gasteiger partial charge in [-0.15, -0.1) is 68.0 Å². The van der Waals surface area contributed by atoms with Crippen LogP contribution in [0.25, 0.3) is 62.6 Å². The van der Waals surface area contributed by atoms with E-state index in [-0.39, 0.29) is 93.0 Å². The van der Waals surface area contributed by atoms with Crippen molar-refractivity contribution in [1.29, 1.82) is 0 Å². The van der Waals surface area contributed by atoms with Crippen molar-refractivity contribution in [2.45, 2.75) is 68.9 Å². The molecule has 6 aromatic carbocycles. The van der Waals surface area contributed by atoms with Crippen molar-refractivity contribution >= 4 is 126 Å². The van der Waals surface area contributed by atoms with E-state index in [0.29, 0.717) is 74.1 Å². The van der Waals surface area contributed by atoms with Crippen LogP contribution >= 0.6 is 91.2 Å². The normalized spacial score (nSPS) is 10.4. The zero-order valence-electron chi connectivity index (χ0n) is 54.4. The van der Waals surface area contributed by atoms with Crippen LogP contribution in [0.4, 0.5) is 8.78 Å². The molecular weight excluding hydrogens is 1420 g/mol. The number of aromatic hydroxyl groups is 6. The lowest BCUT2D eigenvalue weighted by atomic mass is 10.0. The van der Waals surface area contributed by atoms with Gasteiger partial charge in [0.05, 0.1) is 74.3 Å². The monoisotopic (exact) mass is 1480 g/mol. The van der Waals surface area contributed by atoms with E-state index in [1.165, 1.54) is 151 Å². The Morgan fingerprint density at radius 1 is 0.354 bits per heavy atom. The number of Topliss-reactive ketones (excluding diaryl/α,β-unsaturated/α-hetero) is 6. The molecule has 0 saturated carbocycles. The number of benzene rings is 6. The molecule has 23 heteroatoms. The van der Waals surface area contributed by atoms with Gasteiger partial charge in [0.25, 0.3) is 0 Å². The van der Waals surface area contributed by atoms with Crippen LogP contribution in [0.15, 0.2) is 166 Å². The molecule has 0 unspecified atom stereocenters. The van der Waals surface area contributed by atoms with E-state index < -0.39 is 0 Å². The number of ketones is 6. The Morgan fingerprint density at radius 3 is 1.01 bits per heavy atom. The van der Waals surface area contributed by atoms with E-state index in [9.17, 15) is 68.2 Å².